The van der Waals surface area contributed by atoms with E-state index in [9.17, 15) is 4.79 Å². The molecule has 148 valence electrons. The van der Waals surface area contributed by atoms with Crippen molar-refractivity contribution in [3.05, 3.63) is 94.9 Å². The molecule has 5 nitrogen and oxygen atoms in total. The summed E-state index contributed by atoms with van der Waals surface area (Å²) in [6, 6.07) is 21.1. The molecule has 0 fully saturated rings. The molecule has 1 aromatic heterocycles. The average Bonchev–Trinajstić information content (AvgIpc) is 3.43. The lowest BCUT2D eigenvalue weighted by Gasteiger charge is -2.21. The van der Waals surface area contributed by atoms with Crippen molar-refractivity contribution in [2.75, 3.05) is 6.54 Å². The third-order valence-electron chi connectivity index (χ3n) is 5.07. The molecule has 0 saturated heterocycles. The third-order valence-corrected chi connectivity index (χ3v) is 5.33. The number of hydrogen-bond acceptors (Lipinski definition) is 4. The molecule has 0 saturated carbocycles. The zero-order valence-corrected chi connectivity index (χ0v) is 16.8. The Kier molecular flexibility index (Phi) is 5.79. The van der Waals surface area contributed by atoms with Gasteiger partial charge in [0.05, 0.1) is 18.5 Å². The lowest BCUT2D eigenvalue weighted by atomic mass is 10.0. The SMILES string of the molecule is C[C@@H](NCC(=O)N1N=C(c2ccc(Cl)cc2)C[C@H]1c1ccco1)c1ccccc1. The van der Waals surface area contributed by atoms with Gasteiger partial charge in [-0.1, -0.05) is 54.1 Å². The largest absolute Gasteiger partial charge is 0.467 e. The maximum absolute atomic E-state index is 13.0. The Morgan fingerprint density at radius 3 is 2.62 bits per heavy atom. The van der Waals surface area contributed by atoms with Crippen LogP contribution in [0.1, 0.15) is 42.3 Å². The fourth-order valence-corrected chi connectivity index (χ4v) is 3.57. The summed E-state index contributed by atoms with van der Waals surface area (Å²) in [5.74, 6) is 0.625. The van der Waals surface area contributed by atoms with Crippen LogP contribution < -0.4 is 5.32 Å². The molecule has 29 heavy (non-hydrogen) atoms. The van der Waals surface area contributed by atoms with Gasteiger partial charge < -0.3 is 9.73 Å². The monoisotopic (exact) mass is 407 g/mol. The van der Waals surface area contributed by atoms with Crippen molar-refractivity contribution in [3.63, 3.8) is 0 Å². The number of hydrazone groups is 1. The Labute approximate surface area is 175 Å². The van der Waals surface area contributed by atoms with Crippen molar-refractivity contribution in [1.29, 1.82) is 0 Å². The van der Waals surface area contributed by atoms with E-state index in [1.165, 1.54) is 5.01 Å². The summed E-state index contributed by atoms with van der Waals surface area (Å²) in [5, 5.41) is 10.1. The highest BCUT2D eigenvalue weighted by Crippen LogP contribution is 2.33. The number of halogens is 1. The standard InChI is InChI=1S/C23H22ClN3O2/c1-16(17-6-3-2-4-7-17)25-15-23(28)27-21(22-8-5-13-29-22)14-20(26-27)18-9-11-19(24)12-10-18/h2-13,16,21,25H,14-15H2,1H3/t16-,21+/m1/s1. The Morgan fingerprint density at radius 2 is 1.93 bits per heavy atom. The van der Waals surface area contributed by atoms with Crippen molar-refractivity contribution in [2.45, 2.75) is 25.4 Å². The molecule has 0 bridgehead atoms. The molecular formula is C23H22ClN3O2. The smallest absolute Gasteiger partial charge is 0.257 e. The van der Waals surface area contributed by atoms with Gasteiger partial charge in [0.2, 0.25) is 0 Å². The lowest BCUT2D eigenvalue weighted by Crippen LogP contribution is -2.36. The van der Waals surface area contributed by atoms with Gasteiger partial charge in [0.1, 0.15) is 11.8 Å². The lowest BCUT2D eigenvalue weighted by molar-refractivity contribution is -0.132. The van der Waals surface area contributed by atoms with Crippen molar-refractivity contribution < 1.29 is 9.21 Å². The van der Waals surface area contributed by atoms with Gasteiger partial charge in [-0.2, -0.15) is 5.10 Å². The van der Waals surface area contributed by atoms with Crippen molar-refractivity contribution in [2.24, 2.45) is 5.10 Å². The minimum atomic E-state index is -0.253. The summed E-state index contributed by atoms with van der Waals surface area (Å²) in [4.78, 5) is 13.0. The second-order valence-corrected chi connectivity index (χ2v) is 7.48. The van der Waals surface area contributed by atoms with Crippen LogP contribution in [0.2, 0.25) is 5.02 Å². The van der Waals surface area contributed by atoms with Gasteiger partial charge in [-0.15, -0.1) is 0 Å². The van der Waals surface area contributed by atoms with Crippen LogP contribution in [0.15, 0.2) is 82.5 Å². The maximum atomic E-state index is 13.0. The second kappa shape index (κ2) is 8.64. The molecule has 2 aromatic carbocycles. The molecule has 6 heteroatoms. The first kappa shape index (κ1) is 19.4. The number of carbonyl (C=O) groups excluding carboxylic acids is 1. The molecule has 4 rings (SSSR count). The summed E-state index contributed by atoms with van der Waals surface area (Å²) in [6.07, 6.45) is 2.21. The first-order valence-electron chi connectivity index (χ1n) is 9.59. The molecule has 2 atom stereocenters. The molecule has 0 aliphatic carbocycles. The fraction of sp³-hybridized carbons (Fsp3) is 0.217. The molecule has 2 heterocycles. The van der Waals surface area contributed by atoms with Crippen molar-refractivity contribution in [1.82, 2.24) is 10.3 Å². The van der Waals surface area contributed by atoms with E-state index in [2.05, 4.69) is 10.4 Å². The molecule has 1 aliphatic rings. The number of rotatable bonds is 6. The Balaban J connectivity index is 1.51. The van der Waals surface area contributed by atoms with E-state index in [0.29, 0.717) is 11.4 Å². The van der Waals surface area contributed by atoms with E-state index in [4.69, 9.17) is 16.0 Å². The van der Waals surface area contributed by atoms with Crippen LogP contribution in [-0.4, -0.2) is 23.2 Å². The number of amides is 1. The van der Waals surface area contributed by atoms with E-state index in [1.54, 1.807) is 6.26 Å². The molecule has 3 aromatic rings. The van der Waals surface area contributed by atoms with Crippen molar-refractivity contribution in [3.8, 4) is 0 Å². The van der Waals surface area contributed by atoms with Gasteiger partial charge in [-0.3, -0.25) is 4.79 Å². The van der Waals surface area contributed by atoms with Crippen LogP contribution in [0.25, 0.3) is 0 Å². The number of furan rings is 1. The summed E-state index contributed by atoms with van der Waals surface area (Å²) in [7, 11) is 0. The normalized spacial score (nSPS) is 17.2. The van der Waals surface area contributed by atoms with Crippen molar-refractivity contribution >= 4 is 23.2 Å². The zero-order chi connectivity index (χ0) is 20.2. The number of benzene rings is 2. The van der Waals surface area contributed by atoms with Gasteiger partial charge in [0.25, 0.3) is 5.91 Å². The van der Waals surface area contributed by atoms with E-state index >= 15 is 0 Å². The maximum Gasteiger partial charge on any atom is 0.257 e. The highest BCUT2D eigenvalue weighted by Gasteiger charge is 2.34. The van der Waals surface area contributed by atoms with E-state index < -0.39 is 0 Å². The topological polar surface area (TPSA) is 57.8 Å². The van der Waals surface area contributed by atoms with Crippen LogP contribution in [0.5, 0.6) is 0 Å². The van der Waals surface area contributed by atoms with Crippen LogP contribution >= 0.6 is 11.6 Å². The molecule has 1 amide bonds. The number of nitrogens with zero attached hydrogens (tertiary/aromatic N) is 2. The summed E-state index contributed by atoms with van der Waals surface area (Å²) >= 11 is 6.00. The zero-order valence-electron chi connectivity index (χ0n) is 16.1. The van der Waals surface area contributed by atoms with Gasteiger partial charge in [0, 0.05) is 17.5 Å². The molecule has 0 spiro atoms. The number of hydrogen-bond donors (Lipinski definition) is 1. The number of nitrogens with one attached hydrogen (secondary N) is 1. The number of carbonyl (C=O) groups is 1. The Morgan fingerprint density at radius 1 is 1.17 bits per heavy atom. The van der Waals surface area contributed by atoms with E-state index in [0.717, 1.165) is 22.6 Å². The molecule has 0 unspecified atom stereocenters. The van der Waals surface area contributed by atoms with Gasteiger partial charge >= 0.3 is 0 Å². The predicted molar refractivity (Wildman–Crippen MR) is 114 cm³/mol. The Hall–Kier alpha value is -2.89. The van der Waals surface area contributed by atoms with Crippen LogP contribution in [0.4, 0.5) is 0 Å². The van der Waals surface area contributed by atoms with E-state index in [1.807, 2.05) is 73.7 Å². The quantitative estimate of drug-likeness (QED) is 0.628. The van der Waals surface area contributed by atoms with Gasteiger partial charge in [-0.05, 0) is 42.3 Å². The molecule has 1 N–H and O–H groups in total. The molecular weight excluding hydrogens is 386 g/mol. The van der Waals surface area contributed by atoms with Crippen LogP contribution in [0, 0.1) is 0 Å². The predicted octanol–water partition coefficient (Wildman–Crippen LogP) is 4.96. The first-order valence-corrected chi connectivity index (χ1v) is 9.97. The minimum Gasteiger partial charge on any atom is -0.467 e. The summed E-state index contributed by atoms with van der Waals surface area (Å²) < 4.78 is 5.59. The van der Waals surface area contributed by atoms with Gasteiger partial charge in [-0.25, -0.2) is 5.01 Å². The first-order chi connectivity index (χ1) is 14.1. The third kappa shape index (κ3) is 4.42. The van der Waals surface area contributed by atoms with Gasteiger partial charge in [0.15, 0.2) is 0 Å². The Bertz CT molecular complexity index is 985. The summed E-state index contributed by atoms with van der Waals surface area (Å²) in [6.45, 7) is 2.23. The summed E-state index contributed by atoms with van der Waals surface area (Å²) in [5.41, 5.74) is 2.93. The average molecular weight is 408 g/mol. The highest BCUT2D eigenvalue weighted by atomic mass is 35.5. The van der Waals surface area contributed by atoms with Crippen LogP contribution in [-0.2, 0) is 4.79 Å². The molecule has 0 radical (unpaired) electrons. The second-order valence-electron chi connectivity index (χ2n) is 7.04. The fourth-order valence-electron chi connectivity index (χ4n) is 3.44. The van der Waals surface area contributed by atoms with Crippen LogP contribution in [0.3, 0.4) is 0 Å². The highest BCUT2D eigenvalue weighted by molar-refractivity contribution is 6.30. The van der Waals surface area contributed by atoms with E-state index in [-0.39, 0.29) is 24.5 Å². The molecule has 1 aliphatic heterocycles. The minimum absolute atomic E-state index is 0.0598.